The highest BCUT2D eigenvalue weighted by atomic mass is 32.2. The molecule has 0 unspecified atom stereocenters. The molecule has 0 aliphatic carbocycles. The van der Waals surface area contributed by atoms with Gasteiger partial charge in [0.2, 0.25) is 15.9 Å². The number of nitrogens with one attached hydrogen (secondary N) is 1. The van der Waals surface area contributed by atoms with Gasteiger partial charge in [-0.15, -0.1) is 0 Å². The van der Waals surface area contributed by atoms with Crippen LogP contribution >= 0.6 is 11.8 Å². The highest BCUT2D eigenvalue weighted by Gasteiger charge is 2.17. The number of thioether (sulfide) groups is 1. The van der Waals surface area contributed by atoms with Gasteiger partial charge in [-0.2, -0.15) is 0 Å². The van der Waals surface area contributed by atoms with Crippen molar-refractivity contribution in [2.45, 2.75) is 23.0 Å². The summed E-state index contributed by atoms with van der Waals surface area (Å²) in [5.41, 5.74) is 1.44. The predicted octanol–water partition coefficient (Wildman–Crippen LogP) is 2.81. The minimum atomic E-state index is -3.83. The van der Waals surface area contributed by atoms with Gasteiger partial charge in [0.05, 0.1) is 47.0 Å². The molecular formula is C27H26N4O7S2. The van der Waals surface area contributed by atoms with Crippen molar-refractivity contribution in [1.29, 1.82) is 0 Å². The zero-order valence-electron chi connectivity index (χ0n) is 21.6. The molecule has 0 aliphatic heterocycles. The lowest BCUT2D eigenvalue weighted by Gasteiger charge is -2.14. The van der Waals surface area contributed by atoms with Gasteiger partial charge in [0.25, 0.3) is 5.56 Å². The molecule has 0 spiro atoms. The van der Waals surface area contributed by atoms with Crippen molar-refractivity contribution in [2.24, 2.45) is 5.14 Å². The Morgan fingerprint density at radius 1 is 1.05 bits per heavy atom. The Bertz CT molecular complexity index is 1740. The van der Waals surface area contributed by atoms with E-state index in [1.165, 1.54) is 49.1 Å². The highest BCUT2D eigenvalue weighted by Crippen LogP contribution is 2.24. The number of hydrogen-bond donors (Lipinski definition) is 2. The molecule has 0 saturated heterocycles. The Morgan fingerprint density at radius 3 is 2.45 bits per heavy atom. The molecule has 11 nitrogen and oxygen atoms in total. The fourth-order valence-corrected chi connectivity index (χ4v) is 5.24. The van der Waals surface area contributed by atoms with Crippen LogP contribution in [-0.2, 0) is 32.5 Å². The molecule has 208 valence electrons. The largest absolute Gasteiger partial charge is 0.495 e. The number of esters is 1. The standard InChI is InChI=1S/C27H26N4O7S2/c1-37-23-6-4-3-5-21(23)29-24(32)16-39-27-30-22-15-18(26(34)38-2)9-12-20(22)25(33)31(27)14-13-17-7-10-19(11-8-17)40(28,35)36/h3-12,15H,13-14,16H2,1-2H3,(H,29,32)(H2,28,35,36). The summed E-state index contributed by atoms with van der Waals surface area (Å²) < 4.78 is 34.6. The average molecular weight is 583 g/mol. The second-order valence-corrected chi connectivity index (χ2v) is 11.1. The van der Waals surface area contributed by atoms with Gasteiger partial charge in [0, 0.05) is 6.54 Å². The van der Waals surface area contributed by atoms with E-state index in [2.05, 4.69) is 10.3 Å². The topological polar surface area (TPSA) is 160 Å². The van der Waals surface area contributed by atoms with Crippen LogP contribution in [-0.4, -0.2) is 49.8 Å². The molecule has 0 saturated carbocycles. The molecule has 1 heterocycles. The smallest absolute Gasteiger partial charge is 0.337 e. The summed E-state index contributed by atoms with van der Waals surface area (Å²) in [7, 11) is -1.06. The normalized spacial score (nSPS) is 11.3. The zero-order valence-corrected chi connectivity index (χ0v) is 23.3. The first-order valence-corrected chi connectivity index (χ1v) is 14.4. The van der Waals surface area contributed by atoms with Crippen LogP contribution in [0, 0.1) is 0 Å². The number of carbonyl (C=O) groups is 2. The lowest BCUT2D eigenvalue weighted by molar-refractivity contribution is -0.113. The number of para-hydroxylation sites is 2. The summed E-state index contributed by atoms with van der Waals surface area (Å²) in [6.07, 6.45) is 0.374. The number of nitrogens with two attached hydrogens (primary N) is 1. The Hall–Kier alpha value is -4.20. The lowest BCUT2D eigenvalue weighted by atomic mass is 10.1. The Kier molecular flexibility index (Phi) is 8.87. The molecular weight excluding hydrogens is 556 g/mol. The molecule has 3 N–H and O–H groups in total. The summed E-state index contributed by atoms with van der Waals surface area (Å²) in [5.74, 6) is -0.459. The van der Waals surface area contributed by atoms with Crippen LogP contribution in [0.2, 0.25) is 0 Å². The van der Waals surface area contributed by atoms with Gasteiger partial charge in [-0.1, -0.05) is 36.0 Å². The van der Waals surface area contributed by atoms with Gasteiger partial charge < -0.3 is 14.8 Å². The number of rotatable bonds is 10. The number of aromatic nitrogens is 2. The number of primary sulfonamides is 1. The third kappa shape index (κ3) is 6.68. The third-order valence-corrected chi connectivity index (χ3v) is 7.84. The van der Waals surface area contributed by atoms with Crippen LogP contribution in [0.4, 0.5) is 5.69 Å². The van der Waals surface area contributed by atoms with Crippen molar-refractivity contribution >= 4 is 50.3 Å². The van der Waals surface area contributed by atoms with Crippen LogP contribution in [0.3, 0.4) is 0 Å². The molecule has 3 aromatic carbocycles. The summed E-state index contributed by atoms with van der Waals surface area (Å²) in [5, 5.41) is 8.53. The highest BCUT2D eigenvalue weighted by molar-refractivity contribution is 7.99. The van der Waals surface area contributed by atoms with Gasteiger partial charge >= 0.3 is 5.97 Å². The Labute approximate surface area is 234 Å². The minimum Gasteiger partial charge on any atom is -0.495 e. The van der Waals surface area contributed by atoms with Gasteiger partial charge in [-0.3, -0.25) is 14.2 Å². The first-order chi connectivity index (χ1) is 19.1. The van der Waals surface area contributed by atoms with E-state index in [0.717, 1.165) is 17.3 Å². The van der Waals surface area contributed by atoms with E-state index < -0.39 is 16.0 Å². The molecule has 40 heavy (non-hydrogen) atoms. The van der Waals surface area contributed by atoms with E-state index in [1.807, 2.05) is 0 Å². The van der Waals surface area contributed by atoms with Crippen LogP contribution in [0.25, 0.3) is 10.9 Å². The number of anilines is 1. The van der Waals surface area contributed by atoms with Gasteiger partial charge in [-0.25, -0.2) is 23.3 Å². The SMILES string of the molecule is COC(=O)c1ccc2c(=O)n(CCc3ccc(S(N)(=O)=O)cc3)c(SCC(=O)Nc3ccccc3OC)nc2c1. The Morgan fingerprint density at radius 2 is 1.77 bits per heavy atom. The van der Waals surface area contributed by atoms with E-state index in [9.17, 15) is 22.8 Å². The van der Waals surface area contributed by atoms with Crippen LogP contribution in [0.5, 0.6) is 5.75 Å². The molecule has 4 aromatic rings. The maximum absolute atomic E-state index is 13.5. The number of nitrogens with zero attached hydrogens (tertiary/aromatic N) is 2. The first-order valence-electron chi connectivity index (χ1n) is 11.9. The fourth-order valence-electron chi connectivity index (χ4n) is 3.90. The molecule has 0 radical (unpaired) electrons. The monoisotopic (exact) mass is 582 g/mol. The van der Waals surface area contributed by atoms with Crippen molar-refractivity contribution in [1.82, 2.24) is 9.55 Å². The zero-order chi connectivity index (χ0) is 28.9. The van der Waals surface area contributed by atoms with Crippen molar-refractivity contribution in [3.63, 3.8) is 0 Å². The minimum absolute atomic E-state index is 0.0143. The first kappa shape index (κ1) is 28.8. The summed E-state index contributed by atoms with van der Waals surface area (Å²) in [6, 6.07) is 17.5. The molecule has 0 bridgehead atoms. The van der Waals surface area contributed by atoms with E-state index in [1.54, 1.807) is 36.4 Å². The van der Waals surface area contributed by atoms with Crippen molar-refractivity contribution in [3.05, 3.63) is 88.2 Å². The van der Waals surface area contributed by atoms with Crippen molar-refractivity contribution < 1.29 is 27.5 Å². The van der Waals surface area contributed by atoms with E-state index in [4.69, 9.17) is 14.6 Å². The van der Waals surface area contributed by atoms with Crippen LogP contribution in [0.15, 0.2) is 81.6 Å². The number of aryl methyl sites for hydroxylation is 1. The molecule has 0 fully saturated rings. The van der Waals surface area contributed by atoms with Gasteiger partial charge in [0.1, 0.15) is 5.75 Å². The number of sulfonamides is 1. The van der Waals surface area contributed by atoms with Crippen LogP contribution in [0.1, 0.15) is 15.9 Å². The Balaban J connectivity index is 1.63. The number of benzene rings is 3. The number of methoxy groups -OCH3 is 2. The second-order valence-electron chi connectivity index (χ2n) is 8.55. The predicted molar refractivity (Wildman–Crippen MR) is 151 cm³/mol. The maximum atomic E-state index is 13.5. The number of fused-ring (bicyclic) bond motifs is 1. The molecule has 0 atom stereocenters. The van der Waals surface area contributed by atoms with Crippen molar-refractivity contribution in [3.8, 4) is 5.75 Å². The number of ether oxygens (including phenoxy) is 2. The lowest BCUT2D eigenvalue weighted by Crippen LogP contribution is -2.25. The maximum Gasteiger partial charge on any atom is 0.337 e. The van der Waals surface area contributed by atoms with Crippen molar-refractivity contribution in [2.75, 3.05) is 25.3 Å². The summed E-state index contributed by atoms with van der Waals surface area (Å²) in [4.78, 5) is 42.9. The van der Waals surface area contributed by atoms with E-state index >= 15 is 0 Å². The summed E-state index contributed by atoms with van der Waals surface area (Å²) >= 11 is 1.06. The number of amides is 1. The average Bonchev–Trinajstić information content (AvgIpc) is 2.95. The fraction of sp³-hybridized carbons (Fsp3) is 0.185. The van der Waals surface area contributed by atoms with Gasteiger partial charge in [-0.05, 0) is 54.4 Å². The molecule has 1 amide bonds. The van der Waals surface area contributed by atoms with Crippen LogP contribution < -0.4 is 20.8 Å². The summed E-state index contributed by atoms with van der Waals surface area (Å²) in [6.45, 7) is 0.200. The number of carbonyl (C=O) groups excluding carboxylic acids is 2. The molecule has 13 heteroatoms. The van der Waals surface area contributed by atoms with E-state index in [0.29, 0.717) is 23.2 Å². The number of hydrogen-bond acceptors (Lipinski definition) is 9. The van der Waals surface area contributed by atoms with E-state index in [-0.39, 0.29) is 44.9 Å². The second kappa shape index (κ2) is 12.3. The molecule has 0 aliphatic rings. The third-order valence-electron chi connectivity index (χ3n) is 5.93. The quantitative estimate of drug-likeness (QED) is 0.163. The molecule has 1 aromatic heterocycles. The molecule has 4 rings (SSSR count). The van der Waals surface area contributed by atoms with Gasteiger partial charge in [0.15, 0.2) is 5.16 Å².